The molecule has 9 rings (SSSR count). The van der Waals surface area contributed by atoms with Gasteiger partial charge in [-0.15, -0.1) is 0 Å². The van der Waals surface area contributed by atoms with Crippen LogP contribution in [0.15, 0.2) is 0 Å². The summed E-state index contributed by atoms with van der Waals surface area (Å²) in [7, 11) is -10.1. The minimum absolute atomic E-state index is 0. The molecular weight excluding hydrogens is 874 g/mol. The van der Waals surface area contributed by atoms with E-state index in [1.807, 2.05) is 0 Å². The fourth-order valence-electron chi connectivity index (χ4n) is 14.3. The Morgan fingerprint density at radius 1 is 0.419 bits per heavy atom. The molecule has 8 bridgehead atoms. The maximum absolute atomic E-state index is 13.0. The van der Waals surface area contributed by atoms with Crippen LogP contribution in [0, 0.1) is 47.3 Å². The molecule has 359 valence electrons. The van der Waals surface area contributed by atoms with Gasteiger partial charge < -0.3 is 14.8 Å². The first-order valence-electron chi connectivity index (χ1n) is 25.1. The second kappa shape index (κ2) is 22.4. The van der Waals surface area contributed by atoms with Crippen molar-refractivity contribution < 1.29 is 42.7 Å². The van der Waals surface area contributed by atoms with Gasteiger partial charge in [0.15, 0.2) is 0 Å². The largest absolute Gasteiger partial charge is 2.00 e. The third-order valence-electron chi connectivity index (χ3n) is 17.2. The molecule has 10 N–H and O–H groups in total. The third-order valence-corrected chi connectivity index (χ3v) is 19.9. The average molecular weight is 955 g/mol. The molecule has 0 amide bonds. The standard InChI is InChI=1S/C32H56N8O6S2.C12H27N.Co/c41-47(42,43)22-14-13-21-23(24(22)48(44,45)46)32-39-30-20-12-6-5-11-19(20)28(37-30)35-26-16-8-2-1-7-15(16)25(33-26)34-27-17-9-3-4-10-18(17)29(36-27)38-31(21)40-32;1-2-3-4-5-6-7-8-9-10-11-12-13;/h15-40H,1-14H2,(H,41,42,43)(H,44,45,46);2-13H2,1H3;/q;;+2/p-2. The predicted molar refractivity (Wildman–Crippen MR) is 236 cm³/mol. The van der Waals surface area contributed by atoms with E-state index in [0.717, 1.165) is 51.5 Å². The van der Waals surface area contributed by atoms with Crippen LogP contribution in [0.1, 0.15) is 161 Å². The Morgan fingerprint density at radius 3 is 1.03 bits per heavy atom. The van der Waals surface area contributed by atoms with E-state index in [-0.39, 0.29) is 72.3 Å². The van der Waals surface area contributed by atoms with Gasteiger partial charge >= 0.3 is 16.8 Å². The number of unbranched alkanes of at least 4 members (excludes halogenated alkanes) is 9. The van der Waals surface area contributed by atoms with E-state index in [2.05, 4.69) is 49.5 Å². The van der Waals surface area contributed by atoms with Gasteiger partial charge in [-0.2, -0.15) is 0 Å². The van der Waals surface area contributed by atoms with E-state index in [4.69, 9.17) is 5.73 Å². The number of nitrogens with two attached hydrogens (primary N) is 1. The molecule has 4 saturated carbocycles. The van der Waals surface area contributed by atoms with Gasteiger partial charge in [-0.1, -0.05) is 103 Å². The summed E-state index contributed by atoms with van der Waals surface area (Å²) in [6, 6.07) is 0. The fourth-order valence-corrected chi connectivity index (χ4v) is 17.3. The summed E-state index contributed by atoms with van der Waals surface area (Å²) >= 11 is 0. The van der Waals surface area contributed by atoms with Gasteiger partial charge in [-0.3, -0.25) is 42.5 Å². The number of hydrogen-bond donors (Lipinski definition) is 9. The van der Waals surface area contributed by atoms with Crippen molar-refractivity contribution in [3.63, 3.8) is 0 Å². The normalized spacial score (nSPS) is 43.9. The Bertz CT molecular complexity index is 1630. The van der Waals surface area contributed by atoms with Crippen LogP contribution in [0.3, 0.4) is 0 Å². The minimum Gasteiger partial charge on any atom is -0.748 e. The summed E-state index contributed by atoms with van der Waals surface area (Å²) in [6.45, 7) is 3.14. The summed E-state index contributed by atoms with van der Waals surface area (Å²) in [5.41, 5.74) is 5.42. The molecule has 9 aliphatic rings. The number of hydrogen-bond acceptors (Lipinski definition) is 15. The molecule has 18 atom stereocenters. The summed E-state index contributed by atoms with van der Waals surface area (Å²) in [5, 5.41) is 27.7. The summed E-state index contributed by atoms with van der Waals surface area (Å²) < 4.78 is 76.3. The molecule has 4 aliphatic carbocycles. The first kappa shape index (κ1) is 49.9. The molecule has 9 fully saturated rings. The molecule has 62 heavy (non-hydrogen) atoms. The third kappa shape index (κ3) is 11.3. The molecule has 5 heterocycles. The Kier molecular flexibility index (Phi) is 18.0. The zero-order chi connectivity index (χ0) is 42.7. The van der Waals surface area contributed by atoms with E-state index in [9.17, 15) is 25.9 Å². The second-order valence-electron chi connectivity index (χ2n) is 20.8. The molecule has 0 aromatic carbocycles. The molecule has 1 radical (unpaired) electrons. The van der Waals surface area contributed by atoms with E-state index in [1.54, 1.807) is 0 Å². The van der Waals surface area contributed by atoms with Crippen molar-refractivity contribution in [3.8, 4) is 0 Å². The van der Waals surface area contributed by atoms with E-state index < -0.39 is 42.8 Å². The van der Waals surface area contributed by atoms with Crippen LogP contribution < -0.4 is 48.3 Å². The maximum Gasteiger partial charge on any atom is 2.00 e. The Morgan fingerprint density at radius 2 is 0.726 bits per heavy atom. The van der Waals surface area contributed by atoms with Gasteiger partial charge in [-0.25, -0.2) is 16.8 Å². The van der Waals surface area contributed by atoms with Crippen molar-refractivity contribution in [1.82, 2.24) is 42.5 Å². The number of nitrogens with one attached hydrogen (secondary N) is 8. The summed E-state index contributed by atoms with van der Waals surface area (Å²) in [6.07, 6.45) is 27.5. The Hall–Kier alpha value is -0.0335. The molecule has 18 unspecified atom stereocenters. The van der Waals surface area contributed by atoms with E-state index >= 15 is 0 Å². The molecule has 18 heteroatoms. The molecule has 0 aromatic rings. The van der Waals surface area contributed by atoms with Gasteiger partial charge in [-0.05, 0) is 106 Å². The van der Waals surface area contributed by atoms with Crippen molar-refractivity contribution in [3.05, 3.63) is 0 Å². The summed E-state index contributed by atoms with van der Waals surface area (Å²) in [5.74, 6) is 1.42. The van der Waals surface area contributed by atoms with E-state index in [0.29, 0.717) is 41.9 Å². The first-order valence-corrected chi connectivity index (χ1v) is 28.1. The predicted octanol–water partition coefficient (Wildman–Crippen LogP) is 3.52. The molecule has 0 spiro atoms. The van der Waals surface area contributed by atoms with Crippen LogP contribution in [-0.4, -0.2) is 92.3 Å². The van der Waals surface area contributed by atoms with Gasteiger partial charge in [0, 0.05) is 5.92 Å². The van der Waals surface area contributed by atoms with Crippen LogP contribution in [-0.2, 0) is 37.0 Å². The summed E-state index contributed by atoms with van der Waals surface area (Å²) in [4.78, 5) is 0. The van der Waals surface area contributed by atoms with Crippen LogP contribution >= 0.6 is 0 Å². The van der Waals surface area contributed by atoms with Crippen LogP contribution in [0.4, 0.5) is 0 Å². The van der Waals surface area contributed by atoms with Crippen molar-refractivity contribution in [1.29, 1.82) is 0 Å². The van der Waals surface area contributed by atoms with Crippen molar-refractivity contribution in [2.75, 3.05) is 6.54 Å². The first-order chi connectivity index (χ1) is 29.5. The second-order valence-corrected chi connectivity index (χ2v) is 23.9. The van der Waals surface area contributed by atoms with Gasteiger partial charge in [0.05, 0.1) is 80.1 Å². The molecule has 5 aliphatic heterocycles. The SMILES string of the molecule is CCCCCCCCCCCCN.O=S(=O)([O-])C1CCC2C3NC4NC(NC5NC(NC6NC(NC(N3)C2C1S(=O)(=O)[O-])C1CCCCC61)C1CCCCC51)C1CCCCC41.[Co+2]. The van der Waals surface area contributed by atoms with Crippen molar-refractivity contribution in [2.45, 2.75) is 221 Å². The zero-order valence-electron chi connectivity index (χ0n) is 37.2. The fraction of sp³-hybridized carbons (Fsp3) is 1.00. The topological polar surface area (TPSA) is 237 Å². The maximum atomic E-state index is 13.0. The zero-order valence-corrected chi connectivity index (χ0v) is 39.9. The Labute approximate surface area is 384 Å². The number of fused-ring (bicyclic) bond motifs is 20. The van der Waals surface area contributed by atoms with Gasteiger partial charge in [0.25, 0.3) is 0 Å². The average Bonchev–Trinajstić information content (AvgIpc) is 3.98. The van der Waals surface area contributed by atoms with Crippen molar-refractivity contribution >= 4 is 20.2 Å². The van der Waals surface area contributed by atoms with E-state index in [1.165, 1.54) is 96.3 Å². The van der Waals surface area contributed by atoms with Crippen LogP contribution in [0.5, 0.6) is 0 Å². The van der Waals surface area contributed by atoms with Gasteiger partial charge in [0.2, 0.25) is 0 Å². The Balaban J connectivity index is 0.000000361. The van der Waals surface area contributed by atoms with Gasteiger partial charge in [0.1, 0.15) is 0 Å². The molecule has 5 saturated heterocycles. The van der Waals surface area contributed by atoms with Crippen molar-refractivity contribution in [2.24, 2.45) is 53.1 Å². The monoisotopic (exact) mass is 955 g/mol. The number of rotatable bonds is 12. The molecular formula is C44H81CoN9O6S2. The minimum atomic E-state index is -5.12. The van der Waals surface area contributed by atoms with Crippen LogP contribution in [0.2, 0.25) is 0 Å². The quantitative estimate of drug-likeness (QED) is 0.101. The van der Waals surface area contributed by atoms with Crippen LogP contribution in [0.25, 0.3) is 0 Å². The molecule has 0 aromatic heterocycles. The smallest absolute Gasteiger partial charge is 0.748 e. The molecule has 15 nitrogen and oxygen atoms in total.